The van der Waals surface area contributed by atoms with Crippen LogP contribution in [0.5, 0.6) is 0 Å². The number of nitrogens with one attached hydrogen (secondary N) is 2. The Balaban J connectivity index is 1.84. The third kappa shape index (κ3) is 2.06. The number of hydrogen-bond donors (Lipinski definition) is 2. The van der Waals surface area contributed by atoms with Crippen LogP contribution in [-0.2, 0) is 9.53 Å². The largest absolute Gasteiger partial charge is 0.353 e. The minimum Gasteiger partial charge on any atom is -0.353 e. The van der Waals surface area contributed by atoms with Crippen LogP contribution in [0.2, 0.25) is 0 Å². The molecular formula is C12H20N4O3. The second-order valence-electron chi connectivity index (χ2n) is 5.29. The van der Waals surface area contributed by atoms with Gasteiger partial charge in [-0.15, -0.1) is 0 Å². The molecule has 3 unspecified atom stereocenters. The number of amides is 3. The average molecular weight is 268 g/mol. The first-order valence-electron chi connectivity index (χ1n) is 6.83. The summed E-state index contributed by atoms with van der Waals surface area (Å²) in [6.07, 6.45) is 1.08. The minimum absolute atomic E-state index is 0.0159. The lowest BCUT2D eigenvalue weighted by Gasteiger charge is -2.49. The van der Waals surface area contributed by atoms with Crippen LogP contribution in [-0.4, -0.2) is 73.3 Å². The molecule has 0 radical (unpaired) electrons. The number of piperidine rings is 1. The second-order valence-corrected chi connectivity index (χ2v) is 5.29. The quantitative estimate of drug-likeness (QED) is 0.636. The number of carbonyl (C=O) groups excluding carboxylic acids is 2. The Hall–Kier alpha value is -1.34. The van der Waals surface area contributed by atoms with E-state index in [0.29, 0.717) is 6.54 Å². The normalized spacial score (nSPS) is 34.4. The molecule has 3 aliphatic rings. The van der Waals surface area contributed by atoms with Gasteiger partial charge in [-0.1, -0.05) is 0 Å². The zero-order chi connectivity index (χ0) is 13.4. The van der Waals surface area contributed by atoms with E-state index < -0.39 is 6.23 Å². The molecule has 3 amide bonds. The van der Waals surface area contributed by atoms with Crippen molar-refractivity contribution in [2.24, 2.45) is 0 Å². The Morgan fingerprint density at radius 2 is 2.21 bits per heavy atom. The van der Waals surface area contributed by atoms with Crippen molar-refractivity contribution in [2.75, 3.05) is 33.3 Å². The number of ether oxygens (including phenoxy) is 1. The zero-order valence-electron chi connectivity index (χ0n) is 11.1. The third-order valence-corrected chi connectivity index (χ3v) is 4.18. The van der Waals surface area contributed by atoms with E-state index in [1.165, 1.54) is 7.11 Å². The van der Waals surface area contributed by atoms with Crippen molar-refractivity contribution in [3.05, 3.63) is 0 Å². The summed E-state index contributed by atoms with van der Waals surface area (Å²) in [6, 6.07) is -0.0558. The first kappa shape index (κ1) is 12.7. The molecule has 106 valence electrons. The number of rotatable bonds is 1. The summed E-state index contributed by atoms with van der Waals surface area (Å²) >= 11 is 0. The van der Waals surface area contributed by atoms with Gasteiger partial charge in [0.05, 0.1) is 12.1 Å². The highest BCUT2D eigenvalue weighted by molar-refractivity contribution is 5.88. The lowest BCUT2D eigenvalue weighted by molar-refractivity contribution is -0.152. The monoisotopic (exact) mass is 268 g/mol. The molecule has 3 aliphatic heterocycles. The molecule has 0 aromatic rings. The Bertz CT molecular complexity index is 385. The molecule has 3 saturated heterocycles. The molecule has 0 bridgehead atoms. The van der Waals surface area contributed by atoms with Crippen molar-refractivity contribution in [1.82, 2.24) is 20.4 Å². The molecule has 3 fully saturated rings. The fraction of sp³-hybridized carbons (Fsp3) is 0.833. The molecule has 0 aromatic heterocycles. The van der Waals surface area contributed by atoms with Crippen molar-refractivity contribution < 1.29 is 14.3 Å². The van der Waals surface area contributed by atoms with Gasteiger partial charge in [0.15, 0.2) is 0 Å². The van der Waals surface area contributed by atoms with Gasteiger partial charge in [-0.25, -0.2) is 4.79 Å². The van der Waals surface area contributed by atoms with Gasteiger partial charge in [0.1, 0.15) is 0 Å². The number of likely N-dealkylation sites (tertiary alicyclic amines) is 1. The number of nitrogens with zero attached hydrogens (tertiary/aromatic N) is 2. The number of urea groups is 1. The minimum atomic E-state index is -0.799. The van der Waals surface area contributed by atoms with E-state index in [2.05, 4.69) is 10.6 Å². The maximum Gasteiger partial charge on any atom is 0.322 e. The first-order chi connectivity index (χ1) is 9.22. The van der Waals surface area contributed by atoms with Crippen LogP contribution in [0.25, 0.3) is 0 Å². The average Bonchev–Trinajstić information content (AvgIpc) is 2.34. The summed E-state index contributed by atoms with van der Waals surface area (Å²) < 4.78 is 5.25. The van der Waals surface area contributed by atoms with Crippen LogP contribution in [0, 0.1) is 0 Å². The molecule has 3 heterocycles. The lowest BCUT2D eigenvalue weighted by Crippen LogP contribution is -2.73. The van der Waals surface area contributed by atoms with Crippen LogP contribution in [0.15, 0.2) is 0 Å². The summed E-state index contributed by atoms with van der Waals surface area (Å²) in [6.45, 7) is 3.12. The number of carbonyl (C=O) groups is 2. The predicted octanol–water partition coefficient (Wildman–Crippen LogP) is -1.05. The zero-order valence-corrected chi connectivity index (χ0v) is 11.1. The summed E-state index contributed by atoms with van der Waals surface area (Å²) in [5.74, 6) is -0.221. The highest BCUT2D eigenvalue weighted by Crippen LogP contribution is 2.24. The Morgan fingerprint density at radius 1 is 1.42 bits per heavy atom. The van der Waals surface area contributed by atoms with Crippen LogP contribution < -0.4 is 10.6 Å². The van der Waals surface area contributed by atoms with E-state index >= 15 is 0 Å². The molecule has 0 aromatic carbocycles. The molecule has 0 saturated carbocycles. The standard InChI is InChI=1S/C12H20N4O3/c1-19-11-10(17)14-8-7-13-4-3-9(8)16(11)12(18)15-5-2-6-15/h8-9,11,13H,2-7H2,1H3,(H,14,17). The summed E-state index contributed by atoms with van der Waals surface area (Å²) in [5.41, 5.74) is 0. The van der Waals surface area contributed by atoms with Crippen molar-refractivity contribution in [2.45, 2.75) is 31.2 Å². The molecule has 7 heteroatoms. The summed E-state index contributed by atoms with van der Waals surface area (Å²) in [5, 5.41) is 6.19. The van der Waals surface area contributed by atoms with Gasteiger partial charge in [-0.05, 0) is 19.4 Å². The van der Waals surface area contributed by atoms with Gasteiger partial charge in [0, 0.05) is 26.7 Å². The number of piperazine rings is 1. The summed E-state index contributed by atoms with van der Waals surface area (Å²) in [4.78, 5) is 28.0. The van der Waals surface area contributed by atoms with Crippen molar-refractivity contribution in [3.63, 3.8) is 0 Å². The van der Waals surface area contributed by atoms with E-state index in [0.717, 1.165) is 32.5 Å². The number of methoxy groups -OCH3 is 1. The van der Waals surface area contributed by atoms with Gasteiger partial charge >= 0.3 is 6.03 Å². The van der Waals surface area contributed by atoms with E-state index in [9.17, 15) is 9.59 Å². The third-order valence-electron chi connectivity index (χ3n) is 4.18. The van der Waals surface area contributed by atoms with E-state index in [-0.39, 0.29) is 24.0 Å². The smallest absolute Gasteiger partial charge is 0.322 e. The van der Waals surface area contributed by atoms with Crippen LogP contribution in [0.3, 0.4) is 0 Å². The molecule has 0 spiro atoms. The Morgan fingerprint density at radius 3 is 2.84 bits per heavy atom. The van der Waals surface area contributed by atoms with Crippen molar-refractivity contribution in [1.29, 1.82) is 0 Å². The molecule has 19 heavy (non-hydrogen) atoms. The fourth-order valence-electron chi connectivity index (χ4n) is 3.01. The van der Waals surface area contributed by atoms with Gasteiger partial charge in [0.25, 0.3) is 5.91 Å². The van der Waals surface area contributed by atoms with E-state index in [4.69, 9.17) is 4.74 Å². The lowest BCUT2D eigenvalue weighted by atomic mass is 9.96. The van der Waals surface area contributed by atoms with E-state index in [1.807, 2.05) is 0 Å². The number of fused-ring (bicyclic) bond motifs is 1. The second kappa shape index (κ2) is 4.97. The van der Waals surface area contributed by atoms with Gasteiger partial charge in [-0.3, -0.25) is 9.69 Å². The molecule has 7 nitrogen and oxygen atoms in total. The SMILES string of the molecule is COC1C(=O)NC2CNCCC2N1C(=O)N1CCC1. The molecular weight excluding hydrogens is 248 g/mol. The molecule has 3 rings (SSSR count). The van der Waals surface area contributed by atoms with Crippen molar-refractivity contribution in [3.8, 4) is 0 Å². The van der Waals surface area contributed by atoms with Crippen LogP contribution >= 0.6 is 0 Å². The molecule has 3 atom stereocenters. The van der Waals surface area contributed by atoms with E-state index in [1.54, 1.807) is 9.80 Å². The topological polar surface area (TPSA) is 73.9 Å². The van der Waals surface area contributed by atoms with Gasteiger partial charge < -0.3 is 20.3 Å². The first-order valence-corrected chi connectivity index (χ1v) is 6.83. The van der Waals surface area contributed by atoms with Crippen molar-refractivity contribution >= 4 is 11.9 Å². The fourth-order valence-corrected chi connectivity index (χ4v) is 3.01. The highest BCUT2D eigenvalue weighted by atomic mass is 16.5. The maximum absolute atomic E-state index is 12.5. The Labute approximate surface area is 112 Å². The molecule has 0 aliphatic carbocycles. The highest BCUT2D eigenvalue weighted by Gasteiger charge is 2.47. The van der Waals surface area contributed by atoms with Gasteiger partial charge in [0.2, 0.25) is 6.23 Å². The molecule has 2 N–H and O–H groups in total. The van der Waals surface area contributed by atoms with Crippen LogP contribution in [0.4, 0.5) is 4.79 Å². The maximum atomic E-state index is 12.5. The predicted molar refractivity (Wildman–Crippen MR) is 67.4 cm³/mol. The number of hydrogen-bond acceptors (Lipinski definition) is 4. The van der Waals surface area contributed by atoms with Crippen LogP contribution in [0.1, 0.15) is 12.8 Å². The summed E-state index contributed by atoms with van der Waals surface area (Å²) in [7, 11) is 1.47. The van der Waals surface area contributed by atoms with Gasteiger partial charge in [-0.2, -0.15) is 0 Å². The Kier molecular flexibility index (Phi) is 3.32.